The Bertz CT molecular complexity index is 364. The molecule has 0 bridgehead atoms. The quantitative estimate of drug-likeness (QED) is 0.850. The van der Waals surface area contributed by atoms with Gasteiger partial charge in [-0.15, -0.1) is 0 Å². The van der Waals surface area contributed by atoms with E-state index in [2.05, 4.69) is 40.9 Å². The summed E-state index contributed by atoms with van der Waals surface area (Å²) < 4.78 is 0. The van der Waals surface area contributed by atoms with Crippen LogP contribution in [0.5, 0.6) is 0 Å². The van der Waals surface area contributed by atoms with Crippen LogP contribution in [0.3, 0.4) is 0 Å². The van der Waals surface area contributed by atoms with Crippen LogP contribution in [-0.4, -0.2) is 31.1 Å². The lowest BCUT2D eigenvalue weighted by Gasteiger charge is -2.24. The molecule has 1 aromatic rings. The highest BCUT2D eigenvalue weighted by molar-refractivity contribution is 7.07. The molecule has 3 heteroatoms. The molecule has 2 heterocycles. The molecule has 0 spiro atoms. The number of hydrogen-bond donors (Lipinski definition) is 1. The fourth-order valence-corrected chi connectivity index (χ4v) is 4.14. The van der Waals surface area contributed by atoms with E-state index in [-0.39, 0.29) is 0 Å². The maximum atomic E-state index is 3.49. The van der Waals surface area contributed by atoms with Crippen LogP contribution in [-0.2, 0) is 6.54 Å². The van der Waals surface area contributed by atoms with Crippen molar-refractivity contribution in [2.45, 2.75) is 20.4 Å². The summed E-state index contributed by atoms with van der Waals surface area (Å²) in [6.07, 6.45) is 0. The number of rotatable bonds is 6. The molecule has 1 aliphatic carbocycles. The minimum absolute atomic E-state index is 0.764. The predicted octanol–water partition coefficient (Wildman–Crippen LogP) is 2.67. The van der Waals surface area contributed by atoms with Crippen molar-refractivity contribution in [1.29, 1.82) is 0 Å². The number of piperidine rings is 1. The van der Waals surface area contributed by atoms with Crippen molar-refractivity contribution in [2.75, 3.05) is 26.2 Å². The van der Waals surface area contributed by atoms with Gasteiger partial charge in [-0.25, -0.2) is 0 Å². The Labute approximate surface area is 114 Å². The molecule has 1 saturated heterocycles. The molecule has 1 saturated carbocycles. The molecule has 1 aromatic heterocycles. The van der Waals surface area contributed by atoms with Crippen LogP contribution >= 0.6 is 11.3 Å². The standard InChI is InChI=1S/C15H24N2S/c1-11(2)7-17(8-12-3-4-18-10-12)9-15-13-5-16-6-14(13)15/h3-4,10-11,13-16H,5-9H2,1-2H3/t13-,14+,15?. The van der Waals surface area contributed by atoms with Gasteiger partial charge in [0.2, 0.25) is 0 Å². The number of nitrogens with one attached hydrogen (secondary N) is 1. The molecule has 0 aromatic carbocycles. The van der Waals surface area contributed by atoms with E-state index in [1.807, 2.05) is 11.3 Å². The van der Waals surface area contributed by atoms with Crippen molar-refractivity contribution in [3.05, 3.63) is 22.4 Å². The molecule has 2 aliphatic rings. The molecule has 0 amide bonds. The van der Waals surface area contributed by atoms with Crippen LogP contribution in [0.25, 0.3) is 0 Å². The summed E-state index contributed by atoms with van der Waals surface area (Å²) in [6, 6.07) is 2.27. The Morgan fingerprint density at radius 3 is 2.78 bits per heavy atom. The van der Waals surface area contributed by atoms with E-state index in [9.17, 15) is 0 Å². The summed E-state index contributed by atoms with van der Waals surface area (Å²) in [7, 11) is 0. The maximum absolute atomic E-state index is 3.49. The normalized spacial score (nSPS) is 30.1. The molecule has 2 nitrogen and oxygen atoms in total. The Balaban J connectivity index is 1.56. The van der Waals surface area contributed by atoms with Crippen LogP contribution in [0, 0.1) is 23.7 Å². The Hall–Kier alpha value is -0.380. The third-order valence-electron chi connectivity index (χ3n) is 4.35. The van der Waals surface area contributed by atoms with Crippen LogP contribution < -0.4 is 5.32 Å². The van der Waals surface area contributed by atoms with Gasteiger partial charge in [0.25, 0.3) is 0 Å². The summed E-state index contributed by atoms with van der Waals surface area (Å²) in [6.45, 7) is 10.9. The van der Waals surface area contributed by atoms with Crippen LogP contribution in [0.1, 0.15) is 19.4 Å². The van der Waals surface area contributed by atoms with Gasteiger partial charge in [0.15, 0.2) is 0 Å². The van der Waals surface area contributed by atoms with Gasteiger partial charge in [0.05, 0.1) is 0 Å². The average Bonchev–Trinajstić information content (AvgIpc) is 2.79. The first kappa shape index (κ1) is 12.6. The molecule has 2 fully saturated rings. The fraction of sp³-hybridized carbons (Fsp3) is 0.733. The first-order chi connectivity index (χ1) is 8.74. The molecule has 0 radical (unpaired) electrons. The first-order valence-corrected chi connectivity index (χ1v) is 8.12. The largest absolute Gasteiger partial charge is 0.316 e. The predicted molar refractivity (Wildman–Crippen MR) is 77.8 cm³/mol. The van der Waals surface area contributed by atoms with Gasteiger partial charge in [-0.05, 0) is 59.2 Å². The Morgan fingerprint density at radius 2 is 2.17 bits per heavy atom. The van der Waals surface area contributed by atoms with E-state index in [1.165, 1.54) is 31.7 Å². The van der Waals surface area contributed by atoms with E-state index in [0.717, 1.165) is 30.2 Å². The van der Waals surface area contributed by atoms with Gasteiger partial charge in [0.1, 0.15) is 0 Å². The van der Waals surface area contributed by atoms with E-state index in [1.54, 1.807) is 0 Å². The van der Waals surface area contributed by atoms with Crippen LogP contribution in [0.4, 0.5) is 0 Å². The van der Waals surface area contributed by atoms with Crippen molar-refractivity contribution < 1.29 is 0 Å². The molecule has 1 unspecified atom stereocenters. The van der Waals surface area contributed by atoms with E-state index >= 15 is 0 Å². The van der Waals surface area contributed by atoms with Gasteiger partial charge in [-0.2, -0.15) is 11.3 Å². The molecule has 18 heavy (non-hydrogen) atoms. The van der Waals surface area contributed by atoms with Gasteiger partial charge in [-0.1, -0.05) is 13.8 Å². The molecule has 1 N–H and O–H groups in total. The third kappa shape index (κ3) is 2.79. The third-order valence-corrected chi connectivity index (χ3v) is 5.08. The second-order valence-corrected chi connectivity index (χ2v) is 7.15. The molecule has 3 atom stereocenters. The second kappa shape index (κ2) is 5.32. The number of fused-ring (bicyclic) bond motifs is 1. The minimum atomic E-state index is 0.764. The molecular weight excluding hydrogens is 240 g/mol. The Morgan fingerprint density at radius 1 is 1.39 bits per heavy atom. The highest BCUT2D eigenvalue weighted by Gasteiger charge is 2.52. The van der Waals surface area contributed by atoms with Crippen LogP contribution in [0.2, 0.25) is 0 Å². The van der Waals surface area contributed by atoms with Gasteiger partial charge < -0.3 is 5.32 Å². The van der Waals surface area contributed by atoms with E-state index in [0.29, 0.717) is 0 Å². The Kier molecular flexibility index (Phi) is 3.73. The summed E-state index contributed by atoms with van der Waals surface area (Å²) >= 11 is 1.82. The van der Waals surface area contributed by atoms with E-state index in [4.69, 9.17) is 0 Å². The van der Waals surface area contributed by atoms with Crippen molar-refractivity contribution in [3.8, 4) is 0 Å². The summed E-state index contributed by atoms with van der Waals surface area (Å²) in [5.74, 6) is 3.72. The topological polar surface area (TPSA) is 15.3 Å². The number of nitrogens with zero attached hydrogens (tertiary/aromatic N) is 1. The van der Waals surface area contributed by atoms with Crippen molar-refractivity contribution in [2.24, 2.45) is 23.7 Å². The monoisotopic (exact) mass is 264 g/mol. The van der Waals surface area contributed by atoms with Gasteiger partial charge >= 0.3 is 0 Å². The molecular formula is C15H24N2S. The van der Waals surface area contributed by atoms with E-state index < -0.39 is 0 Å². The zero-order valence-electron chi connectivity index (χ0n) is 11.4. The average molecular weight is 264 g/mol. The summed E-state index contributed by atoms with van der Waals surface area (Å²) in [4.78, 5) is 2.68. The minimum Gasteiger partial charge on any atom is -0.316 e. The smallest absolute Gasteiger partial charge is 0.0242 e. The van der Waals surface area contributed by atoms with Gasteiger partial charge in [0, 0.05) is 19.6 Å². The summed E-state index contributed by atoms with van der Waals surface area (Å²) in [5.41, 5.74) is 1.49. The molecule has 3 rings (SSSR count). The lowest BCUT2D eigenvalue weighted by Crippen LogP contribution is -2.31. The number of thiophene rings is 1. The lowest BCUT2D eigenvalue weighted by molar-refractivity contribution is 0.218. The summed E-state index contributed by atoms with van der Waals surface area (Å²) in [5, 5.41) is 7.98. The van der Waals surface area contributed by atoms with Crippen LogP contribution in [0.15, 0.2) is 16.8 Å². The van der Waals surface area contributed by atoms with Crippen molar-refractivity contribution in [1.82, 2.24) is 10.2 Å². The highest BCUT2D eigenvalue weighted by Crippen LogP contribution is 2.49. The molecule has 100 valence electrons. The fourth-order valence-electron chi connectivity index (χ4n) is 3.48. The number of hydrogen-bond acceptors (Lipinski definition) is 3. The zero-order chi connectivity index (χ0) is 12.5. The first-order valence-electron chi connectivity index (χ1n) is 7.18. The van der Waals surface area contributed by atoms with Gasteiger partial charge in [-0.3, -0.25) is 4.90 Å². The van der Waals surface area contributed by atoms with Crippen molar-refractivity contribution >= 4 is 11.3 Å². The second-order valence-electron chi connectivity index (χ2n) is 6.37. The zero-order valence-corrected chi connectivity index (χ0v) is 12.2. The lowest BCUT2D eigenvalue weighted by atomic mass is 10.1. The van der Waals surface area contributed by atoms with Crippen molar-refractivity contribution in [3.63, 3.8) is 0 Å². The highest BCUT2D eigenvalue weighted by atomic mass is 32.1. The molecule has 1 aliphatic heterocycles. The SMILES string of the molecule is CC(C)CN(Cc1ccsc1)CC1[C@H]2CNC[C@@H]12. The maximum Gasteiger partial charge on any atom is 0.0242 e.